The van der Waals surface area contributed by atoms with E-state index in [1.165, 1.54) is 49.1 Å². The van der Waals surface area contributed by atoms with Gasteiger partial charge in [0.2, 0.25) is 5.52 Å². The van der Waals surface area contributed by atoms with Crippen molar-refractivity contribution in [3.8, 4) is 22.3 Å². The molecule has 0 radical (unpaired) electrons. The molecule has 2 heterocycles. The Hall–Kier alpha value is -5.77. The van der Waals surface area contributed by atoms with Crippen LogP contribution in [0, 0.1) is 0 Å². The summed E-state index contributed by atoms with van der Waals surface area (Å²) in [5.41, 5.74) is 11.3. The molecule has 7 aromatic rings. The molecule has 61 heavy (non-hydrogen) atoms. The second kappa shape index (κ2) is 18.5. The van der Waals surface area contributed by atoms with Crippen molar-refractivity contribution in [3.05, 3.63) is 208 Å². The summed E-state index contributed by atoms with van der Waals surface area (Å²) in [6, 6.07) is 51.5. The highest BCUT2D eigenvalue weighted by atomic mass is 32.2. The molecule has 0 spiro atoms. The van der Waals surface area contributed by atoms with E-state index in [1.54, 1.807) is 30.0 Å². The fourth-order valence-electron chi connectivity index (χ4n) is 8.26. The Labute approximate surface area is 367 Å². The topological polar surface area (TPSA) is 64.3 Å². The number of nitrogens with zero attached hydrogens (tertiary/aromatic N) is 2. The molecule has 0 unspecified atom stereocenters. The number of allylic oxidation sites excluding steroid dienone is 6. The van der Waals surface area contributed by atoms with E-state index >= 15 is 0 Å². The van der Waals surface area contributed by atoms with Crippen molar-refractivity contribution in [2.45, 2.75) is 61.4 Å². The summed E-state index contributed by atoms with van der Waals surface area (Å²) in [6.07, 6.45) is 17.7. The number of thiazole rings is 1. The molecule has 0 fully saturated rings. The van der Waals surface area contributed by atoms with Crippen molar-refractivity contribution >= 4 is 55.2 Å². The van der Waals surface area contributed by atoms with Gasteiger partial charge in [-0.15, -0.1) is 0 Å². The number of hydrogen-bond donors (Lipinski definition) is 0. The highest BCUT2D eigenvalue weighted by molar-refractivity contribution is 8.03. The van der Waals surface area contributed by atoms with E-state index in [0.717, 1.165) is 71.8 Å². The molecule has 1 aromatic heterocycles. The third-order valence-electron chi connectivity index (χ3n) is 11.4. The van der Waals surface area contributed by atoms with Crippen LogP contribution < -0.4 is 9.47 Å². The van der Waals surface area contributed by atoms with Crippen molar-refractivity contribution < 1.29 is 17.5 Å². The van der Waals surface area contributed by atoms with Crippen LogP contribution in [0.2, 0.25) is 0 Å². The zero-order valence-corrected chi connectivity index (χ0v) is 36.3. The van der Waals surface area contributed by atoms with E-state index in [2.05, 4.69) is 149 Å². The summed E-state index contributed by atoms with van der Waals surface area (Å²) in [4.78, 5) is 3.05. The van der Waals surface area contributed by atoms with Crippen molar-refractivity contribution in [2.24, 2.45) is 0 Å². The van der Waals surface area contributed by atoms with Gasteiger partial charge >= 0.3 is 0 Å². The first-order valence-electron chi connectivity index (χ1n) is 20.9. The normalized spacial score (nSPS) is 15.6. The number of unbranched alkanes of at least 4 members (excludes halogenated alkanes) is 1. The average Bonchev–Trinajstić information content (AvgIpc) is 3.83. The maximum atomic E-state index is 12.3. The van der Waals surface area contributed by atoms with E-state index < -0.39 is 10.1 Å². The summed E-state index contributed by atoms with van der Waals surface area (Å²) in [5.74, 6) is 0. The van der Waals surface area contributed by atoms with Crippen molar-refractivity contribution in [2.75, 3.05) is 4.90 Å². The van der Waals surface area contributed by atoms with E-state index in [9.17, 15) is 13.0 Å². The molecule has 0 atom stereocenters. The van der Waals surface area contributed by atoms with Gasteiger partial charge in [-0.25, -0.2) is 8.42 Å². The smallest absolute Gasteiger partial charge is 0.262 e. The number of rotatable bonds is 13. The van der Waals surface area contributed by atoms with Crippen LogP contribution in [-0.4, -0.2) is 13.0 Å². The molecular formula is C53H46N2O3S3. The van der Waals surface area contributed by atoms with Gasteiger partial charge in [-0.2, -0.15) is 4.57 Å². The molecule has 0 N–H and O–H groups in total. The lowest BCUT2D eigenvalue weighted by Gasteiger charge is -2.23. The number of fused-ring (bicyclic) bond motifs is 2. The average molecular weight is 855 g/mol. The SMILES string of the molecule is O=S(=O)([O-])c1ccccc1CN1C(=C/C=C2/C=C(C=Cc3sc4ccc(-c5ccccc5)cc4[n+]3CCCCc3ccccc3)CCC2)Sc2ccc(-c3ccccc3)cc21. The minimum absolute atomic E-state index is 0.180. The zero-order valence-electron chi connectivity index (χ0n) is 33.8. The van der Waals surface area contributed by atoms with Gasteiger partial charge in [0.15, 0.2) is 6.54 Å². The number of aryl methyl sites for hydroxylation is 2. The van der Waals surface area contributed by atoms with E-state index in [1.807, 2.05) is 29.5 Å². The molecule has 6 aromatic carbocycles. The quantitative estimate of drug-likeness (QED) is 0.0657. The number of hydrogen-bond acceptors (Lipinski definition) is 6. The van der Waals surface area contributed by atoms with Crippen molar-refractivity contribution in [1.82, 2.24) is 0 Å². The van der Waals surface area contributed by atoms with E-state index in [-0.39, 0.29) is 11.4 Å². The second-order valence-electron chi connectivity index (χ2n) is 15.5. The molecule has 9 rings (SSSR count). The lowest BCUT2D eigenvalue weighted by molar-refractivity contribution is -0.669. The predicted octanol–water partition coefficient (Wildman–Crippen LogP) is 13.2. The number of benzene rings is 6. The molecule has 0 saturated heterocycles. The highest BCUT2D eigenvalue weighted by Crippen LogP contribution is 2.48. The molecular weight excluding hydrogens is 809 g/mol. The van der Waals surface area contributed by atoms with Crippen LogP contribution in [-0.2, 0) is 29.6 Å². The van der Waals surface area contributed by atoms with Gasteiger partial charge in [-0.05, 0) is 107 Å². The van der Waals surface area contributed by atoms with Gasteiger partial charge < -0.3 is 9.45 Å². The van der Waals surface area contributed by atoms with E-state index in [0.29, 0.717) is 5.56 Å². The molecule has 1 aliphatic carbocycles. The van der Waals surface area contributed by atoms with Gasteiger partial charge in [0.05, 0.1) is 15.6 Å². The number of anilines is 1. The Balaban J connectivity index is 1.00. The largest absolute Gasteiger partial charge is 0.744 e. The summed E-state index contributed by atoms with van der Waals surface area (Å²) < 4.78 is 40.8. The van der Waals surface area contributed by atoms with E-state index in [4.69, 9.17) is 0 Å². The predicted molar refractivity (Wildman–Crippen MR) is 252 cm³/mol. The lowest BCUT2D eigenvalue weighted by atomic mass is 9.94. The fourth-order valence-corrected chi connectivity index (χ4v) is 11.1. The zero-order chi connectivity index (χ0) is 41.6. The molecule has 2 aliphatic rings. The second-order valence-corrected chi connectivity index (χ2v) is 19.0. The maximum Gasteiger partial charge on any atom is 0.262 e. The van der Waals surface area contributed by atoms with Gasteiger partial charge in [0.25, 0.3) is 5.01 Å². The standard InChI is InChI=1S/C53H46N2O3S3/c56-61(57,58)51-25-11-10-24-46(51)38-55-48-37-45(43-22-8-3-9-23-43)29-31-50(48)60-53(55)33-27-41-19-14-18-40(35-41)26-32-52-54(34-13-12-17-39-15-4-1-5-16-39)47-36-44(28-30-49(47)59-52)42-20-6-2-7-21-42/h1-11,15-16,20-33,35-37H,12-14,17-19,34,38H2. The lowest BCUT2D eigenvalue weighted by Crippen LogP contribution is -2.35. The van der Waals surface area contributed by atoms with Crippen LogP contribution >= 0.6 is 23.1 Å². The van der Waals surface area contributed by atoms with Crippen LogP contribution in [0.1, 0.15) is 48.2 Å². The first-order chi connectivity index (χ1) is 29.9. The minimum Gasteiger partial charge on any atom is -0.744 e. The molecule has 1 aliphatic heterocycles. The number of aromatic nitrogens is 1. The van der Waals surface area contributed by atoms with Crippen molar-refractivity contribution in [1.29, 1.82) is 0 Å². The molecule has 5 nitrogen and oxygen atoms in total. The van der Waals surface area contributed by atoms with Crippen LogP contribution in [0.4, 0.5) is 5.69 Å². The minimum atomic E-state index is -4.65. The Morgan fingerprint density at radius 2 is 1.38 bits per heavy atom. The van der Waals surface area contributed by atoms with Crippen LogP contribution in [0.3, 0.4) is 0 Å². The summed E-state index contributed by atoms with van der Waals surface area (Å²) in [6.45, 7) is 1.21. The number of thioether (sulfide) groups is 1. The summed E-state index contributed by atoms with van der Waals surface area (Å²) in [5, 5.41) is 2.24. The Kier molecular flexibility index (Phi) is 12.3. The molecule has 0 amide bonds. The molecule has 0 bridgehead atoms. The first kappa shape index (κ1) is 40.6. The summed E-state index contributed by atoms with van der Waals surface area (Å²) >= 11 is 3.52. The summed E-state index contributed by atoms with van der Waals surface area (Å²) in [7, 11) is -4.65. The van der Waals surface area contributed by atoms with Crippen LogP contribution in [0.15, 0.2) is 202 Å². The third-order valence-corrected chi connectivity index (χ3v) is 14.6. The van der Waals surface area contributed by atoms with Gasteiger partial charge in [-0.3, -0.25) is 0 Å². The van der Waals surface area contributed by atoms with Gasteiger partial charge in [0, 0.05) is 30.0 Å². The maximum absolute atomic E-state index is 12.3. The fraction of sp³-hybridized carbons (Fsp3) is 0.151. The van der Waals surface area contributed by atoms with Crippen LogP contribution in [0.25, 0.3) is 38.5 Å². The van der Waals surface area contributed by atoms with Crippen LogP contribution in [0.5, 0.6) is 0 Å². The van der Waals surface area contributed by atoms with Crippen molar-refractivity contribution in [3.63, 3.8) is 0 Å². The Morgan fingerprint density at radius 1 is 0.689 bits per heavy atom. The molecule has 8 heteroatoms. The van der Waals surface area contributed by atoms with Gasteiger partial charge in [-0.1, -0.05) is 163 Å². The monoisotopic (exact) mass is 854 g/mol. The van der Waals surface area contributed by atoms with Gasteiger partial charge in [0.1, 0.15) is 14.8 Å². The third kappa shape index (κ3) is 9.59. The highest BCUT2D eigenvalue weighted by Gasteiger charge is 2.27. The first-order valence-corrected chi connectivity index (χ1v) is 23.9. The Morgan fingerprint density at radius 3 is 2.13 bits per heavy atom. The molecule has 304 valence electrons. The molecule has 0 saturated carbocycles. The Bertz CT molecular complexity index is 2920.